The van der Waals surface area contributed by atoms with Gasteiger partial charge in [-0.15, -0.1) is 0 Å². The van der Waals surface area contributed by atoms with Gasteiger partial charge in [0.25, 0.3) is 0 Å². The fourth-order valence-corrected chi connectivity index (χ4v) is 9.82. The van der Waals surface area contributed by atoms with Crippen molar-refractivity contribution in [2.24, 2.45) is 5.92 Å². The van der Waals surface area contributed by atoms with E-state index in [0.717, 1.165) is 55.7 Å². The highest BCUT2D eigenvalue weighted by molar-refractivity contribution is 6.07. The molecule has 1 spiro atoms. The summed E-state index contributed by atoms with van der Waals surface area (Å²) in [5, 5.41) is 0.971. The van der Waals surface area contributed by atoms with Crippen molar-refractivity contribution in [3.63, 3.8) is 0 Å². The summed E-state index contributed by atoms with van der Waals surface area (Å²) in [7, 11) is 0. The van der Waals surface area contributed by atoms with Gasteiger partial charge >= 0.3 is 0 Å². The van der Waals surface area contributed by atoms with Crippen LogP contribution in [-0.4, -0.2) is 16.1 Å². The van der Waals surface area contributed by atoms with E-state index in [0.29, 0.717) is 11.4 Å². The average Bonchev–Trinajstić information content (AvgIpc) is 3.81. The zero-order valence-corrected chi connectivity index (χ0v) is 30.8. The lowest BCUT2D eigenvalue weighted by Gasteiger charge is -2.47. The van der Waals surface area contributed by atoms with Crippen LogP contribution in [0.15, 0.2) is 199 Å². The fraction of sp³-hybridized carbons (Fsp3) is 0.0566. The molecular weight excluding hydrogens is 697 g/mol. The molecule has 9 aromatic rings. The third-order valence-corrected chi connectivity index (χ3v) is 12.2. The van der Waals surface area contributed by atoms with Crippen LogP contribution in [0.1, 0.15) is 16.7 Å². The molecule has 0 N–H and O–H groups in total. The Morgan fingerprint density at radius 2 is 1.12 bits per heavy atom. The number of benzene rings is 7. The molecule has 2 aliphatic carbocycles. The molecule has 57 heavy (non-hydrogen) atoms. The fourth-order valence-electron chi connectivity index (χ4n) is 9.82. The predicted octanol–water partition coefficient (Wildman–Crippen LogP) is 12.9. The van der Waals surface area contributed by atoms with E-state index in [2.05, 4.69) is 170 Å². The topological polar surface area (TPSA) is 48.2 Å². The first-order valence-electron chi connectivity index (χ1n) is 19.6. The van der Waals surface area contributed by atoms with Crippen LogP contribution >= 0.6 is 0 Å². The van der Waals surface area contributed by atoms with Gasteiger partial charge in [-0.3, -0.25) is 0 Å². The number of fused-ring (bicyclic) bond motifs is 12. The molecule has 4 nitrogen and oxygen atoms in total. The normalized spacial score (nSPS) is 18.6. The van der Waals surface area contributed by atoms with E-state index in [1.54, 1.807) is 0 Å². The summed E-state index contributed by atoms with van der Waals surface area (Å²) in [6.45, 7) is 0. The molecule has 7 aromatic carbocycles. The zero-order chi connectivity index (χ0) is 37.5. The van der Waals surface area contributed by atoms with E-state index in [-0.39, 0.29) is 12.0 Å². The minimum absolute atomic E-state index is 0.0701. The van der Waals surface area contributed by atoms with Crippen molar-refractivity contribution >= 4 is 22.1 Å². The van der Waals surface area contributed by atoms with Crippen LogP contribution in [0.25, 0.3) is 78.1 Å². The molecule has 3 heterocycles. The second kappa shape index (κ2) is 12.4. The minimum atomic E-state index is -0.400. The predicted molar refractivity (Wildman–Crippen MR) is 229 cm³/mol. The van der Waals surface area contributed by atoms with E-state index < -0.39 is 5.41 Å². The largest absolute Gasteiger partial charge is 0.485 e. The van der Waals surface area contributed by atoms with Crippen molar-refractivity contribution in [1.29, 1.82) is 0 Å². The maximum Gasteiger partial charge on any atom is 0.180 e. The number of ether oxygens (including phenoxy) is 1. The molecular formula is C53H34N2O2. The van der Waals surface area contributed by atoms with Crippen molar-refractivity contribution in [2.75, 3.05) is 0 Å². The zero-order valence-electron chi connectivity index (χ0n) is 30.8. The highest BCUT2D eigenvalue weighted by Crippen LogP contribution is 2.63. The molecule has 0 amide bonds. The molecule has 2 unspecified atom stereocenters. The second-order valence-electron chi connectivity index (χ2n) is 15.1. The molecule has 0 fully saturated rings. The number of nitrogens with zero attached hydrogens (tertiary/aromatic N) is 2. The Kier molecular flexibility index (Phi) is 6.93. The Morgan fingerprint density at radius 3 is 2.00 bits per heavy atom. The standard InChI is InChI=1S/C53H34N2O2/c1-2-15-33(16-3-1)36-17-4-5-18-38(36)52-54-49(51-50(55-52)40-20-7-11-26-45(40)57-51)35-31-29-34(30-32-35)37-21-14-25-44-48(37)39-19-6-8-22-41(39)53(44)42-23-9-12-27-46(42)56-47-28-13-10-24-43(47)53/h1-32,42,46H/t42?,46-,53?/m0/s1. The maximum atomic E-state index is 6.68. The van der Waals surface area contributed by atoms with Gasteiger partial charge in [-0.1, -0.05) is 170 Å². The highest BCUT2D eigenvalue weighted by atomic mass is 16.5. The lowest BCUT2D eigenvalue weighted by molar-refractivity contribution is 0.141. The number of aromatic nitrogens is 2. The van der Waals surface area contributed by atoms with Gasteiger partial charge in [-0.25, -0.2) is 9.97 Å². The molecule has 268 valence electrons. The first kappa shape index (κ1) is 32.0. The summed E-state index contributed by atoms with van der Waals surface area (Å²) in [5.74, 6) is 1.71. The molecule has 2 aromatic heterocycles. The van der Waals surface area contributed by atoms with Gasteiger partial charge in [0.15, 0.2) is 11.4 Å². The summed E-state index contributed by atoms with van der Waals surface area (Å²) in [4.78, 5) is 10.5. The molecule has 0 saturated carbocycles. The van der Waals surface area contributed by atoms with Gasteiger partial charge in [0.05, 0.1) is 5.41 Å². The van der Waals surface area contributed by atoms with Crippen molar-refractivity contribution in [3.8, 4) is 61.8 Å². The average molecular weight is 731 g/mol. The van der Waals surface area contributed by atoms with Gasteiger partial charge in [-0.2, -0.15) is 0 Å². The summed E-state index contributed by atoms with van der Waals surface area (Å²) in [6.07, 6.45) is 8.79. The van der Waals surface area contributed by atoms with E-state index in [1.165, 1.54) is 33.4 Å². The molecule has 0 bridgehead atoms. The monoisotopic (exact) mass is 730 g/mol. The van der Waals surface area contributed by atoms with Gasteiger partial charge in [0.1, 0.15) is 28.6 Å². The molecule has 12 rings (SSSR count). The summed E-state index contributed by atoms with van der Waals surface area (Å²) < 4.78 is 13.2. The van der Waals surface area contributed by atoms with Crippen molar-refractivity contribution in [2.45, 2.75) is 11.5 Å². The molecule has 4 heteroatoms. The smallest absolute Gasteiger partial charge is 0.180 e. The van der Waals surface area contributed by atoms with E-state index in [4.69, 9.17) is 19.1 Å². The van der Waals surface area contributed by atoms with Gasteiger partial charge in [0, 0.05) is 28.0 Å². The van der Waals surface area contributed by atoms with Crippen LogP contribution in [0, 0.1) is 5.92 Å². The van der Waals surface area contributed by atoms with E-state index in [9.17, 15) is 0 Å². The minimum Gasteiger partial charge on any atom is -0.485 e. The van der Waals surface area contributed by atoms with Crippen LogP contribution in [0.2, 0.25) is 0 Å². The first-order chi connectivity index (χ1) is 28.3. The molecule has 3 atom stereocenters. The molecule has 1 aliphatic heterocycles. The van der Waals surface area contributed by atoms with Crippen LogP contribution < -0.4 is 4.74 Å². The van der Waals surface area contributed by atoms with Crippen molar-refractivity contribution < 1.29 is 9.15 Å². The molecule has 3 aliphatic rings. The Bertz CT molecular complexity index is 3120. The Morgan fingerprint density at radius 1 is 0.474 bits per heavy atom. The number of para-hydroxylation sites is 2. The third-order valence-electron chi connectivity index (χ3n) is 12.2. The number of allylic oxidation sites excluding steroid dienone is 2. The number of furan rings is 1. The van der Waals surface area contributed by atoms with Gasteiger partial charge < -0.3 is 9.15 Å². The van der Waals surface area contributed by atoms with Crippen LogP contribution in [0.5, 0.6) is 5.75 Å². The Balaban J connectivity index is 1.04. The lowest BCUT2D eigenvalue weighted by Crippen LogP contribution is -2.47. The summed E-state index contributed by atoms with van der Waals surface area (Å²) in [6, 6.07) is 60.2. The molecule has 0 saturated heterocycles. The van der Waals surface area contributed by atoms with E-state index in [1.807, 2.05) is 24.3 Å². The van der Waals surface area contributed by atoms with Crippen molar-refractivity contribution in [1.82, 2.24) is 9.97 Å². The highest BCUT2D eigenvalue weighted by Gasteiger charge is 2.56. The van der Waals surface area contributed by atoms with Crippen molar-refractivity contribution in [3.05, 3.63) is 211 Å². The Hall–Kier alpha value is -7.30. The van der Waals surface area contributed by atoms with E-state index >= 15 is 0 Å². The quantitative estimate of drug-likeness (QED) is 0.181. The van der Waals surface area contributed by atoms with Gasteiger partial charge in [-0.05, 0) is 68.8 Å². The first-order valence-corrected chi connectivity index (χ1v) is 19.6. The second-order valence-corrected chi connectivity index (χ2v) is 15.1. The Labute approximate surface area is 330 Å². The summed E-state index contributed by atoms with van der Waals surface area (Å²) in [5.41, 5.74) is 15.5. The number of rotatable bonds is 4. The number of hydrogen-bond acceptors (Lipinski definition) is 4. The molecule has 0 radical (unpaired) electrons. The summed E-state index contributed by atoms with van der Waals surface area (Å²) >= 11 is 0. The maximum absolute atomic E-state index is 6.68. The van der Waals surface area contributed by atoms with Crippen LogP contribution in [0.4, 0.5) is 0 Å². The number of hydrogen-bond donors (Lipinski definition) is 0. The van der Waals surface area contributed by atoms with Crippen LogP contribution in [0.3, 0.4) is 0 Å². The van der Waals surface area contributed by atoms with Gasteiger partial charge in [0.2, 0.25) is 0 Å². The SMILES string of the molecule is C1=CC2[C@H](C=C1)Oc1ccccc1C21c2ccccc2-c2c(-c3ccc(-c4nc(-c5ccccc5-c5ccccc5)nc5c4oc4ccccc45)cc3)cccc21. The lowest BCUT2D eigenvalue weighted by atomic mass is 9.60. The third kappa shape index (κ3) is 4.62. The van der Waals surface area contributed by atoms with Crippen LogP contribution in [-0.2, 0) is 5.41 Å².